The molecule has 0 aromatic heterocycles. The van der Waals surface area contributed by atoms with Crippen molar-refractivity contribution < 1.29 is 0 Å². The molecule has 0 N–H and O–H groups in total. The van der Waals surface area contributed by atoms with Gasteiger partial charge in [-0.25, -0.2) is 0 Å². The minimum Gasteiger partial charge on any atom is -0.0882 e. The average Bonchev–Trinajstić information content (AvgIpc) is 2.35. The van der Waals surface area contributed by atoms with Crippen molar-refractivity contribution in [3.63, 3.8) is 0 Å². The molecule has 0 rings (SSSR count). The van der Waals surface area contributed by atoms with Crippen molar-refractivity contribution >= 4 is 0 Å². The zero-order chi connectivity index (χ0) is 12.6. The lowest BCUT2D eigenvalue weighted by Crippen LogP contribution is -1.78. The highest BCUT2D eigenvalue weighted by atomic mass is 13.9. The van der Waals surface area contributed by atoms with Gasteiger partial charge in [0.15, 0.2) is 0 Å². The van der Waals surface area contributed by atoms with Crippen LogP contribution in [0.2, 0.25) is 0 Å². The van der Waals surface area contributed by atoms with Gasteiger partial charge >= 0.3 is 0 Å². The van der Waals surface area contributed by atoms with E-state index in [1.165, 1.54) is 64.2 Å². The summed E-state index contributed by atoms with van der Waals surface area (Å²) in [6, 6.07) is 0. The molecule has 0 bridgehead atoms. The maximum Gasteiger partial charge on any atom is -0.0169 e. The van der Waals surface area contributed by atoms with Gasteiger partial charge in [-0.05, 0) is 25.7 Å². The summed E-state index contributed by atoms with van der Waals surface area (Å²) in [6.07, 6.45) is 24.0. The second-order valence-corrected chi connectivity index (χ2v) is 4.88. The first kappa shape index (κ1) is 16.5. The van der Waals surface area contributed by atoms with Crippen LogP contribution < -0.4 is 0 Å². The topological polar surface area (TPSA) is 0 Å². The zero-order valence-corrected chi connectivity index (χ0v) is 12.1. The Bertz CT molecular complexity index is 176. The Morgan fingerprint density at radius 1 is 0.529 bits per heavy atom. The molecule has 0 fully saturated rings. The van der Waals surface area contributed by atoms with E-state index in [2.05, 4.69) is 38.2 Å². The van der Waals surface area contributed by atoms with Gasteiger partial charge in [0.25, 0.3) is 0 Å². The van der Waals surface area contributed by atoms with E-state index >= 15 is 0 Å². The number of hydrogen-bond donors (Lipinski definition) is 0. The van der Waals surface area contributed by atoms with E-state index in [1.54, 1.807) is 0 Å². The summed E-state index contributed by atoms with van der Waals surface area (Å²) < 4.78 is 0. The smallest absolute Gasteiger partial charge is 0.0169 e. The van der Waals surface area contributed by atoms with Crippen molar-refractivity contribution in [2.75, 3.05) is 0 Å². The molecular weight excluding hydrogens is 204 g/mol. The van der Waals surface area contributed by atoms with Gasteiger partial charge < -0.3 is 0 Å². The van der Waals surface area contributed by atoms with Gasteiger partial charge in [0, 0.05) is 0 Å². The molecule has 0 aromatic carbocycles. The fourth-order valence-electron chi connectivity index (χ4n) is 1.89. The van der Waals surface area contributed by atoms with Gasteiger partial charge in [0.2, 0.25) is 0 Å². The van der Waals surface area contributed by atoms with Crippen molar-refractivity contribution in [1.29, 1.82) is 0 Å². The summed E-state index contributed by atoms with van der Waals surface area (Å²) in [4.78, 5) is 0. The number of unbranched alkanes of at least 4 members (excludes halogenated alkanes) is 8. The Balaban J connectivity index is 3.08. The Morgan fingerprint density at radius 2 is 1.12 bits per heavy atom. The minimum absolute atomic E-state index is 1.12. The van der Waals surface area contributed by atoms with Crippen LogP contribution in [0.3, 0.4) is 0 Å². The standard InChI is InChI=1S/C17H32/c1-3-5-7-9-11-13-15-17-16-14-12-10-8-6-4-2/h7,9,13,15H,3-6,8,10-12,14,16-17H2,1-2H3/b9-7-,15-13-. The van der Waals surface area contributed by atoms with E-state index < -0.39 is 0 Å². The van der Waals surface area contributed by atoms with Crippen molar-refractivity contribution in [3.05, 3.63) is 24.3 Å². The second-order valence-electron chi connectivity index (χ2n) is 4.88. The van der Waals surface area contributed by atoms with Gasteiger partial charge in [-0.15, -0.1) is 0 Å². The quantitative estimate of drug-likeness (QED) is 0.270. The summed E-state index contributed by atoms with van der Waals surface area (Å²) in [6.45, 7) is 4.50. The van der Waals surface area contributed by atoms with E-state index in [9.17, 15) is 0 Å². The molecule has 0 saturated heterocycles. The molecule has 0 heteroatoms. The van der Waals surface area contributed by atoms with Crippen LogP contribution in [-0.4, -0.2) is 0 Å². The van der Waals surface area contributed by atoms with Crippen molar-refractivity contribution in [3.8, 4) is 0 Å². The molecule has 0 atom stereocenters. The SMILES string of the molecule is CCC/C=C\C/C=C\CCCCCCCCC. The van der Waals surface area contributed by atoms with Crippen LogP contribution in [0, 0.1) is 0 Å². The fourth-order valence-corrected chi connectivity index (χ4v) is 1.89. The Hall–Kier alpha value is -0.520. The van der Waals surface area contributed by atoms with E-state index in [-0.39, 0.29) is 0 Å². The van der Waals surface area contributed by atoms with Crippen LogP contribution in [0.4, 0.5) is 0 Å². The normalized spacial score (nSPS) is 11.9. The molecule has 0 radical (unpaired) electrons. The predicted octanol–water partition coefficient (Wildman–Crippen LogP) is 6.43. The Labute approximate surface area is 109 Å². The van der Waals surface area contributed by atoms with Crippen LogP contribution in [0.15, 0.2) is 24.3 Å². The largest absolute Gasteiger partial charge is 0.0882 e. The van der Waals surface area contributed by atoms with Gasteiger partial charge in [-0.3, -0.25) is 0 Å². The van der Waals surface area contributed by atoms with Crippen LogP contribution in [-0.2, 0) is 0 Å². The molecule has 17 heavy (non-hydrogen) atoms. The molecule has 0 aliphatic heterocycles. The number of hydrogen-bond acceptors (Lipinski definition) is 0. The first-order valence-corrected chi connectivity index (χ1v) is 7.71. The Kier molecular flexibility index (Phi) is 15.0. The molecule has 0 unspecified atom stereocenters. The van der Waals surface area contributed by atoms with Crippen LogP contribution in [0.5, 0.6) is 0 Å². The molecule has 100 valence electrons. The van der Waals surface area contributed by atoms with Crippen LogP contribution in [0.1, 0.15) is 84.5 Å². The van der Waals surface area contributed by atoms with Crippen LogP contribution >= 0.6 is 0 Å². The summed E-state index contributed by atoms with van der Waals surface area (Å²) in [5, 5.41) is 0. The third-order valence-corrected chi connectivity index (χ3v) is 3.04. The van der Waals surface area contributed by atoms with Crippen molar-refractivity contribution in [2.45, 2.75) is 84.5 Å². The van der Waals surface area contributed by atoms with Gasteiger partial charge in [-0.2, -0.15) is 0 Å². The highest BCUT2D eigenvalue weighted by molar-refractivity contribution is 4.92. The highest BCUT2D eigenvalue weighted by Gasteiger charge is 1.88. The molecule has 0 heterocycles. The highest BCUT2D eigenvalue weighted by Crippen LogP contribution is 2.08. The van der Waals surface area contributed by atoms with E-state index in [1.807, 2.05) is 0 Å². The van der Waals surface area contributed by atoms with Gasteiger partial charge in [0.05, 0.1) is 0 Å². The molecule has 0 saturated carbocycles. The zero-order valence-electron chi connectivity index (χ0n) is 12.1. The van der Waals surface area contributed by atoms with E-state index in [0.29, 0.717) is 0 Å². The van der Waals surface area contributed by atoms with E-state index in [0.717, 1.165) is 6.42 Å². The lowest BCUT2D eigenvalue weighted by Gasteiger charge is -1.98. The van der Waals surface area contributed by atoms with Crippen molar-refractivity contribution in [1.82, 2.24) is 0 Å². The van der Waals surface area contributed by atoms with Gasteiger partial charge in [-0.1, -0.05) is 83.1 Å². The molecule has 0 nitrogen and oxygen atoms in total. The van der Waals surface area contributed by atoms with Gasteiger partial charge in [0.1, 0.15) is 0 Å². The number of allylic oxidation sites excluding steroid dienone is 4. The minimum atomic E-state index is 1.12. The van der Waals surface area contributed by atoms with Crippen molar-refractivity contribution in [2.24, 2.45) is 0 Å². The average molecular weight is 236 g/mol. The third kappa shape index (κ3) is 15.5. The van der Waals surface area contributed by atoms with Crippen LogP contribution in [0.25, 0.3) is 0 Å². The molecule has 0 amide bonds. The Morgan fingerprint density at radius 3 is 1.76 bits per heavy atom. The summed E-state index contributed by atoms with van der Waals surface area (Å²) in [5.41, 5.74) is 0. The molecule has 0 aromatic rings. The summed E-state index contributed by atoms with van der Waals surface area (Å²) in [7, 11) is 0. The molecule has 0 aliphatic carbocycles. The lowest BCUT2D eigenvalue weighted by molar-refractivity contribution is 0.592. The second kappa shape index (κ2) is 15.5. The third-order valence-electron chi connectivity index (χ3n) is 3.04. The maximum atomic E-state index is 2.35. The molecular formula is C17H32. The first-order valence-electron chi connectivity index (χ1n) is 7.71. The summed E-state index contributed by atoms with van der Waals surface area (Å²) in [5.74, 6) is 0. The maximum absolute atomic E-state index is 2.35. The molecule has 0 spiro atoms. The van der Waals surface area contributed by atoms with E-state index in [4.69, 9.17) is 0 Å². The lowest BCUT2D eigenvalue weighted by atomic mass is 10.1. The monoisotopic (exact) mass is 236 g/mol. The fraction of sp³-hybridized carbons (Fsp3) is 0.765. The summed E-state index contributed by atoms with van der Waals surface area (Å²) >= 11 is 0. The first-order chi connectivity index (χ1) is 8.41. The molecule has 0 aliphatic rings. The predicted molar refractivity (Wildman–Crippen MR) is 80.4 cm³/mol. The number of rotatable bonds is 12.